The fourth-order valence-electron chi connectivity index (χ4n) is 1.65. The standard InChI is InChI=1S/C12H17N3OS/c1-4-5-13-7-11-14-15-12(17-11)10-6-8(2)16-9(10)3/h6,13H,4-5,7H2,1-3H3. The van der Waals surface area contributed by atoms with Crippen molar-refractivity contribution in [1.29, 1.82) is 0 Å². The average molecular weight is 251 g/mol. The zero-order valence-corrected chi connectivity index (χ0v) is 11.2. The Morgan fingerprint density at radius 2 is 2.18 bits per heavy atom. The monoisotopic (exact) mass is 251 g/mol. The Bertz CT molecular complexity index is 490. The lowest BCUT2D eigenvalue weighted by atomic mass is 10.2. The van der Waals surface area contributed by atoms with Gasteiger partial charge in [0, 0.05) is 6.54 Å². The Kier molecular flexibility index (Phi) is 3.91. The Labute approximate surface area is 105 Å². The van der Waals surface area contributed by atoms with Gasteiger partial charge in [0.2, 0.25) is 0 Å². The molecule has 0 atom stereocenters. The van der Waals surface area contributed by atoms with E-state index in [0.717, 1.165) is 46.6 Å². The van der Waals surface area contributed by atoms with E-state index < -0.39 is 0 Å². The van der Waals surface area contributed by atoms with Crippen LogP contribution in [0.15, 0.2) is 10.5 Å². The number of rotatable bonds is 5. The summed E-state index contributed by atoms with van der Waals surface area (Å²) in [5.41, 5.74) is 1.06. The van der Waals surface area contributed by atoms with E-state index in [2.05, 4.69) is 22.4 Å². The molecule has 17 heavy (non-hydrogen) atoms. The van der Waals surface area contributed by atoms with Gasteiger partial charge in [0.15, 0.2) is 5.01 Å². The first kappa shape index (κ1) is 12.3. The lowest BCUT2D eigenvalue weighted by Crippen LogP contribution is -2.13. The molecular formula is C12H17N3OS. The van der Waals surface area contributed by atoms with E-state index in [0.29, 0.717) is 0 Å². The molecule has 0 radical (unpaired) electrons. The van der Waals surface area contributed by atoms with Crippen LogP contribution in [0.3, 0.4) is 0 Å². The van der Waals surface area contributed by atoms with E-state index in [1.807, 2.05) is 19.9 Å². The van der Waals surface area contributed by atoms with Gasteiger partial charge in [-0.2, -0.15) is 0 Å². The van der Waals surface area contributed by atoms with Crippen molar-refractivity contribution in [2.24, 2.45) is 0 Å². The van der Waals surface area contributed by atoms with Gasteiger partial charge in [-0.05, 0) is 32.9 Å². The molecule has 0 saturated carbocycles. The molecule has 2 aromatic heterocycles. The Hall–Kier alpha value is -1.20. The van der Waals surface area contributed by atoms with Crippen molar-refractivity contribution in [3.05, 3.63) is 22.6 Å². The van der Waals surface area contributed by atoms with Crippen molar-refractivity contribution in [2.45, 2.75) is 33.7 Å². The molecule has 4 nitrogen and oxygen atoms in total. The molecule has 2 rings (SSSR count). The summed E-state index contributed by atoms with van der Waals surface area (Å²) in [7, 11) is 0. The number of nitrogens with one attached hydrogen (secondary N) is 1. The Morgan fingerprint density at radius 1 is 1.35 bits per heavy atom. The van der Waals surface area contributed by atoms with Crippen LogP contribution in [0.2, 0.25) is 0 Å². The molecule has 0 aliphatic heterocycles. The summed E-state index contributed by atoms with van der Waals surface area (Å²) in [6, 6.07) is 2.01. The van der Waals surface area contributed by atoms with Gasteiger partial charge < -0.3 is 9.73 Å². The Balaban J connectivity index is 2.10. The zero-order chi connectivity index (χ0) is 12.3. The minimum atomic E-state index is 0.793. The summed E-state index contributed by atoms with van der Waals surface area (Å²) in [6.45, 7) is 7.86. The van der Waals surface area contributed by atoms with Gasteiger partial charge in [-0.15, -0.1) is 10.2 Å². The number of aromatic nitrogens is 2. The lowest BCUT2D eigenvalue weighted by Gasteiger charge is -1.96. The fourth-order valence-corrected chi connectivity index (χ4v) is 2.52. The van der Waals surface area contributed by atoms with E-state index in [1.165, 1.54) is 0 Å². The largest absolute Gasteiger partial charge is 0.466 e. The molecule has 0 aromatic carbocycles. The summed E-state index contributed by atoms with van der Waals surface area (Å²) < 4.78 is 5.50. The molecule has 0 aliphatic carbocycles. The average Bonchev–Trinajstić information content (AvgIpc) is 2.86. The number of aryl methyl sites for hydroxylation is 2. The SMILES string of the molecule is CCCNCc1nnc(-c2cc(C)oc2C)s1. The highest BCUT2D eigenvalue weighted by Gasteiger charge is 2.12. The maximum atomic E-state index is 5.50. The third-order valence-electron chi connectivity index (χ3n) is 2.44. The van der Waals surface area contributed by atoms with Crippen LogP contribution in [0, 0.1) is 13.8 Å². The molecule has 0 amide bonds. The minimum absolute atomic E-state index is 0.793. The van der Waals surface area contributed by atoms with E-state index in [4.69, 9.17) is 4.42 Å². The fraction of sp³-hybridized carbons (Fsp3) is 0.500. The van der Waals surface area contributed by atoms with Gasteiger partial charge >= 0.3 is 0 Å². The summed E-state index contributed by atoms with van der Waals surface area (Å²) in [5.74, 6) is 1.82. The molecule has 0 unspecified atom stereocenters. The highest BCUT2D eigenvalue weighted by atomic mass is 32.1. The van der Waals surface area contributed by atoms with Crippen LogP contribution in [-0.2, 0) is 6.54 Å². The molecule has 2 aromatic rings. The smallest absolute Gasteiger partial charge is 0.151 e. The maximum Gasteiger partial charge on any atom is 0.151 e. The number of hydrogen-bond acceptors (Lipinski definition) is 5. The summed E-state index contributed by atoms with van der Waals surface area (Å²) in [5, 5.41) is 13.7. The van der Waals surface area contributed by atoms with Gasteiger partial charge in [-0.25, -0.2) is 0 Å². The second kappa shape index (κ2) is 5.42. The molecule has 0 saturated heterocycles. The first-order valence-corrected chi connectivity index (χ1v) is 6.63. The zero-order valence-electron chi connectivity index (χ0n) is 10.4. The van der Waals surface area contributed by atoms with Gasteiger partial charge in [0.05, 0.1) is 5.56 Å². The summed E-state index contributed by atoms with van der Waals surface area (Å²) in [6.07, 6.45) is 1.13. The number of furan rings is 1. The quantitative estimate of drug-likeness (QED) is 0.830. The van der Waals surface area contributed by atoms with Crippen LogP contribution in [0.25, 0.3) is 10.6 Å². The van der Waals surface area contributed by atoms with Crippen LogP contribution in [0.4, 0.5) is 0 Å². The molecule has 1 N–H and O–H groups in total. The van der Waals surface area contributed by atoms with Gasteiger partial charge in [0.25, 0.3) is 0 Å². The second-order valence-corrected chi connectivity index (χ2v) is 5.07. The maximum absolute atomic E-state index is 5.50. The van der Waals surface area contributed by atoms with Crippen LogP contribution >= 0.6 is 11.3 Å². The predicted molar refractivity (Wildman–Crippen MR) is 69.1 cm³/mol. The molecule has 92 valence electrons. The van der Waals surface area contributed by atoms with E-state index >= 15 is 0 Å². The van der Waals surface area contributed by atoms with Crippen LogP contribution < -0.4 is 5.32 Å². The highest BCUT2D eigenvalue weighted by molar-refractivity contribution is 7.14. The van der Waals surface area contributed by atoms with Crippen LogP contribution in [-0.4, -0.2) is 16.7 Å². The molecule has 2 heterocycles. The number of hydrogen-bond donors (Lipinski definition) is 1. The van der Waals surface area contributed by atoms with Crippen LogP contribution in [0.1, 0.15) is 29.9 Å². The van der Waals surface area contributed by atoms with Gasteiger partial charge in [-0.3, -0.25) is 0 Å². The first-order chi connectivity index (χ1) is 8.20. The molecule has 0 aliphatic rings. The third kappa shape index (κ3) is 2.92. The second-order valence-electron chi connectivity index (χ2n) is 4.00. The highest BCUT2D eigenvalue weighted by Crippen LogP contribution is 2.28. The molecule has 0 bridgehead atoms. The third-order valence-corrected chi connectivity index (χ3v) is 3.40. The molecule has 0 spiro atoms. The molecular weight excluding hydrogens is 234 g/mol. The van der Waals surface area contributed by atoms with Crippen molar-refractivity contribution >= 4 is 11.3 Å². The normalized spacial score (nSPS) is 11.0. The van der Waals surface area contributed by atoms with Crippen molar-refractivity contribution in [3.8, 4) is 10.6 Å². The van der Waals surface area contributed by atoms with Gasteiger partial charge in [-0.1, -0.05) is 18.3 Å². The van der Waals surface area contributed by atoms with E-state index in [1.54, 1.807) is 11.3 Å². The first-order valence-electron chi connectivity index (χ1n) is 5.81. The van der Waals surface area contributed by atoms with Crippen LogP contribution in [0.5, 0.6) is 0 Å². The van der Waals surface area contributed by atoms with E-state index in [9.17, 15) is 0 Å². The summed E-state index contributed by atoms with van der Waals surface area (Å²) in [4.78, 5) is 0. The minimum Gasteiger partial charge on any atom is -0.466 e. The van der Waals surface area contributed by atoms with Crippen molar-refractivity contribution < 1.29 is 4.42 Å². The molecule has 5 heteroatoms. The Morgan fingerprint density at radius 3 is 2.82 bits per heavy atom. The molecule has 0 fully saturated rings. The predicted octanol–water partition coefficient (Wildman–Crippen LogP) is 2.91. The van der Waals surface area contributed by atoms with E-state index in [-0.39, 0.29) is 0 Å². The van der Waals surface area contributed by atoms with Gasteiger partial charge in [0.1, 0.15) is 16.5 Å². The van der Waals surface area contributed by atoms with Crippen molar-refractivity contribution in [2.75, 3.05) is 6.54 Å². The van der Waals surface area contributed by atoms with Crippen molar-refractivity contribution in [3.63, 3.8) is 0 Å². The summed E-state index contributed by atoms with van der Waals surface area (Å²) >= 11 is 1.62. The lowest BCUT2D eigenvalue weighted by molar-refractivity contribution is 0.505. The topological polar surface area (TPSA) is 51.0 Å². The number of nitrogens with zero attached hydrogens (tertiary/aromatic N) is 2. The van der Waals surface area contributed by atoms with Crippen molar-refractivity contribution in [1.82, 2.24) is 15.5 Å².